The predicted octanol–water partition coefficient (Wildman–Crippen LogP) is 6.45. The van der Waals surface area contributed by atoms with E-state index in [1.807, 2.05) is 32.9 Å². The number of nitriles is 1. The van der Waals surface area contributed by atoms with Crippen LogP contribution in [-0.2, 0) is 4.74 Å². The molecular formula is C28H37ClN4O5. The number of likely N-dealkylation sites (N-methyl/N-ethyl adjacent to an activating group) is 1. The van der Waals surface area contributed by atoms with Crippen molar-refractivity contribution in [3.8, 4) is 11.8 Å². The van der Waals surface area contributed by atoms with Gasteiger partial charge in [-0.2, -0.15) is 5.26 Å². The van der Waals surface area contributed by atoms with Gasteiger partial charge in [-0.15, -0.1) is 0 Å². The molecule has 2 rings (SSSR count). The molecule has 0 aliphatic rings. The number of carbonyl (C=O) groups excluding carboxylic acids is 1. The monoisotopic (exact) mass is 544 g/mol. The fourth-order valence-electron chi connectivity index (χ4n) is 4.08. The van der Waals surface area contributed by atoms with Crippen molar-refractivity contribution in [1.82, 2.24) is 5.32 Å². The summed E-state index contributed by atoms with van der Waals surface area (Å²) in [5.41, 5.74) is 0.582. The fourth-order valence-corrected chi connectivity index (χ4v) is 4.33. The van der Waals surface area contributed by atoms with Crippen LogP contribution in [0.2, 0.25) is 5.02 Å². The molecule has 0 heterocycles. The Labute approximate surface area is 229 Å². The molecule has 1 unspecified atom stereocenters. The first-order chi connectivity index (χ1) is 17.6. The normalized spacial score (nSPS) is 12.2. The highest BCUT2D eigenvalue weighted by atomic mass is 35.5. The molecule has 38 heavy (non-hydrogen) atoms. The van der Waals surface area contributed by atoms with Gasteiger partial charge < -0.3 is 24.8 Å². The van der Waals surface area contributed by atoms with Crippen molar-refractivity contribution < 1.29 is 24.2 Å². The van der Waals surface area contributed by atoms with Gasteiger partial charge >= 0.3 is 12.2 Å². The highest BCUT2D eigenvalue weighted by Gasteiger charge is 2.37. The van der Waals surface area contributed by atoms with E-state index < -0.39 is 29.2 Å². The van der Waals surface area contributed by atoms with E-state index in [9.17, 15) is 20.0 Å². The zero-order valence-electron chi connectivity index (χ0n) is 23.3. The highest BCUT2D eigenvalue weighted by Crippen LogP contribution is 2.44. The molecule has 0 aliphatic carbocycles. The van der Waals surface area contributed by atoms with E-state index in [1.165, 1.54) is 11.0 Å². The number of alkyl carbamates (subject to hydrolysis) is 1. The topological polar surface area (TPSA) is 115 Å². The zero-order valence-corrected chi connectivity index (χ0v) is 24.0. The van der Waals surface area contributed by atoms with E-state index >= 15 is 0 Å². The van der Waals surface area contributed by atoms with Crippen LogP contribution in [0.5, 0.6) is 5.75 Å². The van der Waals surface area contributed by atoms with Gasteiger partial charge in [0.15, 0.2) is 0 Å². The quantitative estimate of drug-likeness (QED) is 0.392. The highest BCUT2D eigenvalue weighted by molar-refractivity contribution is 6.34. The van der Waals surface area contributed by atoms with Crippen LogP contribution < -0.4 is 19.9 Å². The molecule has 0 saturated carbocycles. The van der Waals surface area contributed by atoms with Gasteiger partial charge in [0.1, 0.15) is 17.4 Å². The molecule has 10 heteroatoms. The summed E-state index contributed by atoms with van der Waals surface area (Å²) in [6.07, 6.45) is -1.74. The number of hydrogen-bond acceptors (Lipinski definition) is 6. The Morgan fingerprint density at radius 2 is 1.71 bits per heavy atom. The van der Waals surface area contributed by atoms with Gasteiger partial charge in [0.25, 0.3) is 0 Å². The molecule has 0 radical (unpaired) electrons. The number of rotatable bonds is 8. The maximum Gasteiger partial charge on any atom is 0.412 e. The summed E-state index contributed by atoms with van der Waals surface area (Å²) in [4.78, 5) is 27.6. The van der Waals surface area contributed by atoms with Gasteiger partial charge in [-0.3, -0.25) is 4.90 Å². The molecule has 2 aromatic rings. The van der Waals surface area contributed by atoms with Crippen molar-refractivity contribution in [2.45, 2.75) is 53.2 Å². The number of halogens is 1. The van der Waals surface area contributed by atoms with E-state index in [-0.39, 0.29) is 22.8 Å². The molecule has 0 aliphatic heterocycles. The molecular weight excluding hydrogens is 508 g/mol. The Kier molecular flexibility index (Phi) is 9.87. The molecule has 1 atom stereocenters. The van der Waals surface area contributed by atoms with Gasteiger partial charge in [0, 0.05) is 20.1 Å². The summed E-state index contributed by atoms with van der Waals surface area (Å²) >= 11 is 6.68. The summed E-state index contributed by atoms with van der Waals surface area (Å²) < 4.78 is 10.5. The van der Waals surface area contributed by atoms with Gasteiger partial charge in [0.2, 0.25) is 0 Å². The number of nitrogens with one attached hydrogen (secondary N) is 1. The minimum Gasteiger partial charge on any atom is -0.497 e. The van der Waals surface area contributed by atoms with Crippen molar-refractivity contribution in [3.05, 3.63) is 52.5 Å². The lowest BCUT2D eigenvalue weighted by molar-refractivity contribution is 0.0529. The second kappa shape index (κ2) is 12.3. The lowest BCUT2D eigenvalue weighted by Gasteiger charge is -2.39. The van der Waals surface area contributed by atoms with Crippen LogP contribution in [0.25, 0.3) is 0 Å². The SMILES string of the molecule is COc1ccc(C(N(C(=O)O)c2cc(C#N)c(N(C)CCNC(=O)OC(C)(C)C)cc2Cl)C(C)(C)C)cc1. The number of benzene rings is 2. The van der Waals surface area contributed by atoms with E-state index in [1.54, 1.807) is 58.0 Å². The van der Waals surface area contributed by atoms with Gasteiger partial charge in [-0.1, -0.05) is 44.5 Å². The summed E-state index contributed by atoms with van der Waals surface area (Å²) in [7, 11) is 3.32. The molecule has 0 saturated heterocycles. The van der Waals surface area contributed by atoms with Crippen LogP contribution in [0.15, 0.2) is 36.4 Å². The van der Waals surface area contributed by atoms with Crippen LogP contribution in [0, 0.1) is 16.7 Å². The summed E-state index contributed by atoms with van der Waals surface area (Å²) in [6, 6.07) is 11.8. The van der Waals surface area contributed by atoms with E-state index in [0.29, 0.717) is 18.0 Å². The Morgan fingerprint density at radius 1 is 1.11 bits per heavy atom. The van der Waals surface area contributed by atoms with Crippen LogP contribution in [-0.4, -0.2) is 50.1 Å². The Hall–Kier alpha value is -3.64. The van der Waals surface area contributed by atoms with Crippen molar-refractivity contribution in [2.24, 2.45) is 5.41 Å². The van der Waals surface area contributed by atoms with Crippen LogP contribution >= 0.6 is 11.6 Å². The van der Waals surface area contributed by atoms with Crippen molar-refractivity contribution in [1.29, 1.82) is 5.26 Å². The van der Waals surface area contributed by atoms with E-state index in [2.05, 4.69) is 11.4 Å². The number of carbonyl (C=O) groups is 2. The predicted molar refractivity (Wildman–Crippen MR) is 149 cm³/mol. The molecule has 2 N–H and O–H groups in total. The fraction of sp³-hybridized carbons (Fsp3) is 0.464. The summed E-state index contributed by atoms with van der Waals surface area (Å²) in [5.74, 6) is 0.654. The molecule has 0 bridgehead atoms. The number of carboxylic acid groups (broad SMARTS) is 1. The number of hydrogen-bond donors (Lipinski definition) is 2. The summed E-state index contributed by atoms with van der Waals surface area (Å²) in [5, 5.41) is 23.1. The molecule has 0 fully saturated rings. The first-order valence-corrected chi connectivity index (χ1v) is 12.5. The maximum absolute atomic E-state index is 12.7. The van der Waals surface area contributed by atoms with Gasteiger partial charge in [-0.25, -0.2) is 9.59 Å². The van der Waals surface area contributed by atoms with E-state index in [4.69, 9.17) is 21.1 Å². The molecule has 2 amide bonds. The van der Waals surface area contributed by atoms with Gasteiger partial charge in [-0.05, 0) is 56.0 Å². The van der Waals surface area contributed by atoms with Crippen molar-refractivity contribution >= 4 is 35.2 Å². The smallest absolute Gasteiger partial charge is 0.412 e. The molecule has 0 spiro atoms. The maximum atomic E-state index is 12.7. The minimum atomic E-state index is -1.20. The summed E-state index contributed by atoms with van der Waals surface area (Å²) in [6.45, 7) is 11.8. The first-order valence-electron chi connectivity index (χ1n) is 12.2. The zero-order chi connectivity index (χ0) is 28.8. The lowest BCUT2D eigenvalue weighted by atomic mass is 9.81. The Bertz CT molecular complexity index is 1180. The second-order valence-corrected chi connectivity index (χ2v) is 11.4. The second-order valence-electron chi connectivity index (χ2n) is 11.0. The molecule has 206 valence electrons. The van der Waals surface area contributed by atoms with Crippen molar-refractivity contribution in [2.75, 3.05) is 37.0 Å². The Morgan fingerprint density at radius 3 is 2.18 bits per heavy atom. The number of anilines is 2. The van der Waals surface area contributed by atoms with Gasteiger partial charge in [0.05, 0.1) is 35.1 Å². The molecule has 0 aromatic heterocycles. The third kappa shape index (κ3) is 7.93. The van der Waals surface area contributed by atoms with Crippen LogP contribution in [0.1, 0.15) is 58.7 Å². The minimum absolute atomic E-state index is 0.177. The number of methoxy groups -OCH3 is 1. The van der Waals surface area contributed by atoms with Crippen molar-refractivity contribution in [3.63, 3.8) is 0 Å². The third-order valence-electron chi connectivity index (χ3n) is 5.69. The largest absolute Gasteiger partial charge is 0.497 e. The standard InChI is InChI=1S/C28H37ClN4O5/c1-27(2,3)24(18-9-11-20(37-8)12-10-18)33(26(35)36)23-15-19(17-30)22(16-21(23)29)32(7)14-13-31-25(34)38-28(4,5)6/h9-12,15-16,24H,13-14H2,1-8H3,(H,31,34)(H,35,36). The van der Waals surface area contributed by atoms with Crippen LogP contribution in [0.3, 0.4) is 0 Å². The molecule has 2 aromatic carbocycles. The average molecular weight is 545 g/mol. The Balaban J connectivity index is 2.42. The number of nitrogens with zero attached hydrogens (tertiary/aromatic N) is 3. The first kappa shape index (κ1) is 30.6. The van der Waals surface area contributed by atoms with E-state index in [0.717, 1.165) is 5.56 Å². The average Bonchev–Trinajstić information content (AvgIpc) is 2.80. The number of amides is 2. The van der Waals surface area contributed by atoms with Crippen LogP contribution in [0.4, 0.5) is 21.0 Å². The lowest BCUT2D eigenvalue weighted by Crippen LogP contribution is -2.41. The molecule has 9 nitrogen and oxygen atoms in total. The third-order valence-corrected chi connectivity index (χ3v) is 5.99. The number of ether oxygens (including phenoxy) is 2.